The van der Waals surface area contributed by atoms with Crippen molar-refractivity contribution in [2.45, 2.75) is 72.1 Å². The van der Waals surface area contributed by atoms with Crippen molar-refractivity contribution in [2.24, 2.45) is 0 Å². The quantitative estimate of drug-likeness (QED) is 0.474. The Labute approximate surface area is 126 Å². The predicted molar refractivity (Wildman–Crippen MR) is 91.8 cm³/mol. The molecule has 0 saturated carbocycles. The van der Waals surface area contributed by atoms with Gasteiger partial charge in [0.25, 0.3) is 0 Å². The van der Waals surface area contributed by atoms with Crippen LogP contribution in [0.15, 0.2) is 24.3 Å². The molecule has 0 aliphatic carbocycles. The van der Waals surface area contributed by atoms with Crippen molar-refractivity contribution < 1.29 is 0 Å². The molecule has 1 rings (SSSR count). The van der Waals surface area contributed by atoms with Crippen LogP contribution in [0, 0.1) is 0 Å². The molecule has 114 valence electrons. The van der Waals surface area contributed by atoms with Crippen LogP contribution in [0.1, 0.15) is 77.7 Å². The van der Waals surface area contributed by atoms with E-state index in [1.54, 1.807) is 0 Å². The minimum absolute atomic E-state index is 0.623. The van der Waals surface area contributed by atoms with Gasteiger partial charge < -0.3 is 4.90 Å². The topological polar surface area (TPSA) is 3.24 Å². The fourth-order valence-electron chi connectivity index (χ4n) is 2.55. The van der Waals surface area contributed by atoms with Crippen LogP contribution in [0.5, 0.6) is 0 Å². The van der Waals surface area contributed by atoms with E-state index in [1.165, 1.54) is 62.9 Å². The van der Waals surface area contributed by atoms with Crippen molar-refractivity contribution in [3.8, 4) is 0 Å². The van der Waals surface area contributed by atoms with Crippen molar-refractivity contribution in [1.82, 2.24) is 0 Å². The van der Waals surface area contributed by atoms with Gasteiger partial charge in [-0.1, -0.05) is 65.5 Å². The molecule has 20 heavy (non-hydrogen) atoms. The number of benzene rings is 1. The average molecular weight is 275 g/mol. The SMILES string of the molecule is CCCCCN(CCCCC)c1ccc(C(C)C)cc1. The van der Waals surface area contributed by atoms with Crippen LogP contribution in [0.25, 0.3) is 0 Å². The van der Waals surface area contributed by atoms with Crippen molar-refractivity contribution in [1.29, 1.82) is 0 Å². The number of nitrogens with zero attached hydrogens (tertiary/aromatic N) is 1. The smallest absolute Gasteiger partial charge is 0.0366 e. The Hall–Kier alpha value is -0.980. The van der Waals surface area contributed by atoms with E-state index < -0.39 is 0 Å². The molecule has 0 aromatic heterocycles. The molecule has 0 amide bonds. The molecule has 1 aromatic rings. The first-order valence-electron chi connectivity index (χ1n) is 8.54. The number of unbranched alkanes of at least 4 members (excludes halogenated alkanes) is 4. The zero-order chi connectivity index (χ0) is 14.8. The molecular weight excluding hydrogens is 242 g/mol. The first kappa shape index (κ1) is 17.1. The van der Waals surface area contributed by atoms with E-state index in [-0.39, 0.29) is 0 Å². The van der Waals surface area contributed by atoms with Crippen LogP contribution in [0.2, 0.25) is 0 Å². The lowest BCUT2D eigenvalue weighted by Gasteiger charge is -2.25. The molecule has 1 aromatic carbocycles. The molecule has 0 N–H and O–H groups in total. The highest BCUT2D eigenvalue weighted by molar-refractivity contribution is 5.48. The summed E-state index contributed by atoms with van der Waals surface area (Å²) in [4.78, 5) is 2.58. The Morgan fingerprint density at radius 2 is 1.30 bits per heavy atom. The van der Waals surface area contributed by atoms with Crippen LogP contribution in [-0.2, 0) is 0 Å². The number of anilines is 1. The van der Waals surface area contributed by atoms with Crippen molar-refractivity contribution in [3.63, 3.8) is 0 Å². The summed E-state index contributed by atoms with van der Waals surface area (Å²) in [5, 5.41) is 0. The Balaban J connectivity index is 2.64. The highest BCUT2D eigenvalue weighted by Gasteiger charge is 2.07. The molecule has 0 aliphatic rings. The number of rotatable bonds is 10. The third kappa shape index (κ3) is 5.98. The highest BCUT2D eigenvalue weighted by atomic mass is 15.1. The van der Waals surface area contributed by atoms with Gasteiger partial charge in [0.15, 0.2) is 0 Å². The van der Waals surface area contributed by atoms with Gasteiger partial charge in [-0.3, -0.25) is 0 Å². The van der Waals surface area contributed by atoms with Gasteiger partial charge in [0, 0.05) is 18.8 Å². The first-order valence-corrected chi connectivity index (χ1v) is 8.54. The zero-order valence-corrected chi connectivity index (χ0v) is 14.0. The Kier molecular flexibility index (Phi) is 8.41. The molecule has 0 bridgehead atoms. The molecule has 1 nitrogen and oxygen atoms in total. The van der Waals surface area contributed by atoms with Crippen LogP contribution in [0.4, 0.5) is 5.69 Å². The summed E-state index contributed by atoms with van der Waals surface area (Å²) < 4.78 is 0. The van der Waals surface area contributed by atoms with E-state index >= 15 is 0 Å². The van der Waals surface area contributed by atoms with Gasteiger partial charge in [0.05, 0.1) is 0 Å². The Bertz CT molecular complexity index is 329. The molecule has 0 radical (unpaired) electrons. The third-order valence-electron chi connectivity index (χ3n) is 3.99. The lowest BCUT2D eigenvalue weighted by atomic mass is 10.0. The second kappa shape index (κ2) is 9.85. The first-order chi connectivity index (χ1) is 9.69. The standard InChI is InChI=1S/C19H33N/c1-5-7-9-15-20(16-10-8-6-2)19-13-11-18(12-14-19)17(3)4/h11-14,17H,5-10,15-16H2,1-4H3. The van der Waals surface area contributed by atoms with Crippen molar-refractivity contribution in [3.05, 3.63) is 29.8 Å². The highest BCUT2D eigenvalue weighted by Crippen LogP contribution is 2.21. The Morgan fingerprint density at radius 3 is 1.70 bits per heavy atom. The Morgan fingerprint density at radius 1 is 0.800 bits per heavy atom. The zero-order valence-electron chi connectivity index (χ0n) is 14.0. The van der Waals surface area contributed by atoms with Crippen molar-refractivity contribution >= 4 is 5.69 Å². The largest absolute Gasteiger partial charge is 0.372 e. The third-order valence-corrected chi connectivity index (χ3v) is 3.99. The van der Waals surface area contributed by atoms with E-state index in [1.807, 2.05) is 0 Å². The van der Waals surface area contributed by atoms with Crippen LogP contribution < -0.4 is 4.90 Å². The maximum absolute atomic E-state index is 2.58. The van der Waals surface area contributed by atoms with Gasteiger partial charge >= 0.3 is 0 Å². The maximum atomic E-state index is 2.58. The molecule has 1 heteroatoms. The monoisotopic (exact) mass is 275 g/mol. The van der Waals surface area contributed by atoms with Crippen LogP contribution in [0.3, 0.4) is 0 Å². The van der Waals surface area contributed by atoms with E-state index in [4.69, 9.17) is 0 Å². The molecule has 0 saturated heterocycles. The van der Waals surface area contributed by atoms with Crippen molar-refractivity contribution in [2.75, 3.05) is 18.0 Å². The van der Waals surface area contributed by atoms with Gasteiger partial charge in [0.2, 0.25) is 0 Å². The van der Waals surface area contributed by atoms with E-state index in [9.17, 15) is 0 Å². The minimum Gasteiger partial charge on any atom is -0.372 e. The summed E-state index contributed by atoms with van der Waals surface area (Å²) in [6.07, 6.45) is 7.91. The maximum Gasteiger partial charge on any atom is 0.0366 e. The molecule has 0 unspecified atom stereocenters. The number of hydrogen-bond donors (Lipinski definition) is 0. The van der Waals surface area contributed by atoms with Gasteiger partial charge in [-0.05, 0) is 36.5 Å². The lowest BCUT2D eigenvalue weighted by molar-refractivity contribution is 0.636. The van der Waals surface area contributed by atoms with E-state index in [0.717, 1.165) is 0 Å². The summed E-state index contributed by atoms with van der Waals surface area (Å²) in [7, 11) is 0. The van der Waals surface area contributed by atoms with E-state index in [2.05, 4.69) is 56.9 Å². The second-order valence-electron chi connectivity index (χ2n) is 6.15. The fourth-order valence-corrected chi connectivity index (χ4v) is 2.55. The molecule has 0 atom stereocenters. The summed E-state index contributed by atoms with van der Waals surface area (Å²) >= 11 is 0. The molecule has 0 heterocycles. The molecule has 0 fully saturated rings. The molecule has 0 spiro atoms. The average Bonchev–Trinajstić information content (AvgIpc) is 2.46. The molecule has 0 aliphatic heterocycles. The fraction of sp³-hybridized carbons (Fsp3) is 0.684. The van der Waals surface area contributed by atoms with Crippen LogP contribution in [-0.4, -0.2) is 13.1 Å². The second-order valence-corrected chi connectivity index (χ2v) is 6.15. The normalized spacial score (nSPS) is 11.1. The summed E-state index contributed by atoms with van der Waals surface area (Å²) in [6, 6.07) is 9.22. The van der Waals surface area contributed by atoms with Gasteiger partial charge in [0.1, 0.15) is 0 Å². The molecular formula is C19H33N. The van der Waals surface area contributed by atoms with Gasteiger partial charge in [-0.25, -0.2) is 0 Å². The summed E-state index contributed by atoms with van der Waals surface area (Å²) in [5.41, 5.74) is 2.84. The van der Waals surface area contributed by atoms with Crippen LogP contribution >= 0.6 is 0 Å². The van der Waals surface area contributed by atoms with E-state index in [0.29, 0.717) is 5.92 Å². The van der Waals surface area contributed by atoms with Gasteiger partial charge in [-0.2, -0.15) is 0 Å². The lowest BCUT2D eigenvalue weighted by Crippen LogP contribution is -2.25. The minimum atomic E-state index is 0.623. The predicted octanol–water partition coefficient (Wildman–Crippen LogP) is 6.00. The number of hydrogen-bond acceptors (Lipinski definition) is 1. The summed E-state index contributed by atoms with van der Waals surface area (Å²) in [6.45, 7) is 11.5. The van der Waals surface area contributed by atoms with Gasteiger partial charge in [-0.15, -0.1) is 0 Å². The summed E-state index contributed by atoms with van der Waals surface area (Å²) in [5.74, 6) is 0.623.